The molecule has 1 amide bonds. The third-order valence-corrected chi connectivity index (χ3v) is 8.88. The molecule has 12 heteroatoms. The summed E-state index contributed by atoms with van der Waals surface area (Å²) >= 11 is 0. The lowest BCUT2D eigenvalue weighted by Crippen LogP contribution is -2.39. The van der Waals surface area contributed by atoms with Gasteiger partial charge in [-0.1, -0.05) is 72.8 Å². The minimum atomic E-state index is -1.36. The zero-order valence-electron chi connectivity index (χ0n) is 27.3. The molecule has 7 rings (SSSR count). The Morgan fingerprint density at radius 2 is 1.36 bits per heavy atom. The molecule has 3 N–H and O–H groups in total. The van der Waals surface area contributed by atoms with Gasteiger partial charge in [-0.2, -0.15) is 0 Å². The highest BCUT2D eigenvalue weighted by molar-refractivity contribution is 6.06. The number of anilines is 1. The number of imidazole rings is 1. The number of aliphatic hydroxyl groups is 2. The molecular weight excluding hydrogens is 638 g/mol. The van der Waals surface area contributed by atoms with E-state index in [-0.39, 0.29) is 18.3 Å². The van der Waals surface area contributed by atoms with Crippen LogP contribution < -0.4 is 14.8 Å². The van der Waals surface area contributed by atoms with Crippen LogP contribution in [0.2, 0.25) is 0 Å². The molecule has 0 saturated carbocycles. The number of benzene rings is 4. The number of carbonyl (C=O) groups excluding carboxylic acids is 1. The number of amides is 1. The number of aromatic nitrogens is 4. The van der Waals surface area contributed by atoms with Crippen molar-refractivity contribution in [3.05, 3.63) is 144 Å². The van der Waals surface area contributed by atoms with Crippen LogP contribution in [0.4, 0.5) is 5.82 Å². The molecule has 0 aliphatic carbocycles. The van der Waals surface area contributed by atoms with Gasteiger partial charge in [-0.25, -0.2) is 15.0 Å². The van der Waals surface area contributed by atoms with Crippen LogP contribution in [-0.2, 0) is 15.1 Å². The number of aliphatic hydroxyl groups excluding tert-OH is 2. The summed E-state index contributed by atoms with van der Waals surface area (Å²) in [4.78, 5) is 25.9. The summed E-state index contributed by atoms with van der Waals surface area (Å²) in [5.41, 5.74) is 2.34. The van der Waals surface area contributed by atoms with Gasteiger partial charge in [0.05, 0.1) is 27.2 Å². The Morgan fingerprint density at radius 1 is 0.780 bits per heavy atom. The number of hydrogen-bond acceptors (Lipinski definition) is 10. The Hall–Kier alpha value is -5.66. The van der Waals surface area contributed by atoms with E-state index in [1.165, 1.54) is 17.2 Å². The second-order valence-corrected chi connectivity index (χ2v) is 11.7. The highest BCUT2D eigenvalue weighted by Crippen LogP contribution is 2.43. The van der Waals surface area contributed by atoms with E-state index < -0.39 is 30.1 Å². The minimum Gasteiger partial charge on any atom is -0.497 e. The molecular formula is C38H35N5O7. The van der Waals surface area contributed by atoms with Crippen LogP contribution in [-0.4, -0.2) is 74.8 Å². The number of rotatable bonds is 11. The van der Waals surface area contributed by atoms with Crippen LogP contribution in [0.3, 0.4) is 0 Å². The van der Waals surface area contributed by atoms with Gasteiger partial charge in [-0.3, -0.25) is 9.36 Å². The fourth-order valence-corrected chi connectivity index (χ4v) is 6.28. The number of fused-ring (bicyclic) bond motifs is 1. The summed E-state index contributed by atoms with van der Waals surface area (Å²) in [6.07, 6.45) is -1.97. The molecule has 1 aliphatic heterocycles. The Bertz CT molecular complexity index is 2010. The molecule has 0 bridgehead atoms. The summed E-state index contributed by atoms with van der Waals surface area (Å²) in [5, 5.41) is 25.4. The Balaban J connectivity index is 1.20. The van der Waals surface area contributed by atoms with Crippen molar-refractivity contribution in [3.8, 4) is 11.5 Å². The standard InChI is InChI=1S/C38H35N5O7/c1-47-28-17-13-26(14-18-28)38(25-11-7-4-8-12-25,27-15-19-29(48-2)20-16-27)49-21-30-32(44)33(45)37(50-30)43-23-41-31-34(39-22-40-35(31)43)42-36(46)24-9-5-3-6-10-24/h3-20,22-23,30,32-33,37,44-45H,21H2,1-2H3,(H,39,40,42,46)/t30-,32+,33+,37+/m0/s1. The topological polar surface area (TPSA) is 150 Å². The largest absolute Gasteiger partial charge is 0.497 e. The number of nitrogens with one attached hydrogen (secondary N) is 1. The van der Waals surface area contributed by atoms with Crippen LogP contribution in [0.1, 0.15) is 33.3 Å². The second-order valence-electron chi connectivity index (χ2n) is 11.7. The molecule has 2 aromatic heterocycles. The maximum Gasteiger partial charge on any atom is 0.256 e. The highest BCUT2D eigenvalue weighted by Gasteiger charge is 2.47. The number of ether oxygens (including phenoxy) is 4. The first kappa shape index (κ1) is 32.9. The molecule has 0 spiro atoms. The van der Waals surface area contributed by atoms with Crippen LogP contribution >= 0.6 is 0 Å². The van der Waals surface area contributed by atoms with Crippen molar-refractivity contribution in [2.75, 3.05) is 26.1 Å². The van der Waals surface area contributed by atoms with Gasteiger partial charge in [-0.15, -0.1) is 0 Å². The number of carbonyl (C=O) groups is 1. The van der Waals surface area contributed by atoms with E-state index in [9.17, 15) is 15.0 Å². The molecule has 1 aliphatic rings. The van der Waals surface area contributed by atoms with Gasteiger partial charge in [-0.05, 0) is 53.1 Å². The van der Waals surface area contributed by atoms with Crippen molar-refractivity contribution in [2.45, 2.75) is 30.1 Å². The van der Waals surface area contributed by atoms with Gasteiger partial charge in [0.15, 0.2) is 23.2 Å². The van der Waals surface area contributed by atoms with E-state index in [1.807, 2.05) is 84.9 Å². The number of hydrogen-bond donors (Lipinski definition) is 3. The van der Waals surface area contributed by atoms with E-state index in [0.29, 0.717) is 28.2 Å². The first-order valence-corrected chi connectivity index (χ1v) is 16.0. The molecule has 4 atom stereocenters. The summed E-state index contributed by atoms with van der Waals surface area (Å²) in [7, 11) is 3.22. The summed E-state index contributed by atoms with van der Waals surface area (Å²) in [6.45, 7) is -0.109. The van der Waals surface area contributed by atoms with E-state index in [1.54, 1.807) is 38.5 Å². The summed E-state index contributed by atoms with van der Waals surface area (Å²) in [6, 6.07) is 33.7. The van der Waals surface area contributed by atoms with Crippen LogP contribution in [0.5, 0.6) is 11.5 Å². The maximum absolute atomic E-state index is 12.9. The molecule has 0 unspecified atom stereocenters. The third kappa shape index (κ3) is 6.05. The van der Waals surface area contributed by atoms with Gasteiger partial charge in [0.1, 0.15) is 41.7 Å². The molecule has 0 radical (unpaired) electrons. The number of nitrogens with zero attached hydrogens (tertiary/aromatic N) is 4. The quantitative estimate of drug-likeness (QED) is 0.165. The average molecular weight is 674 g/mol. The molecule has 1 fully saturated rings. The zero-order chi connectivity index (χ0) is 34.7. The predicted octanol–water partition coefficient (Wildman–Crippen LogP) is 4.72. The summed E-state index contributed by atoms with van der Waals surface area (Å²) in [5.74, 6) is 1.21. The van der Waals surface area contributed by atoms with Gasteiger partial charge < -0.3 is 34.5 Å². The highest BCUT2D eigenvalue weighted by atomic mass is 16.6. The lowest BCUT2D eigenvalue weighted by molar-refractivity contribution is -0.0942. The van der Waals surface area contributed by atoms with Crippen LogP contribution in [0.25, 0.3) is 11.2 Å². The van der Waals surface area contributed by atoms with E-state index in [4.69, 9.17) is 18.9 Å². The summed E-state index contributed by atoms with van der Waals surface area (Å²) < 4.78 is 25.6. The molecule has 1 saturated heterocycles. The first-order chi connectivity index (χ1) is 24.4. The van der Waals surface area contributed by atoms with E-state index in [0.717, 1.165) is 16.7 Å². The van der Waals surface area contributed by atoms with Gasteiger partial charge in [0.25, 0.3) is 5.91 Å². The van der Waals surface area contributed by atoms with Gasteiger partial charge in [0, 0.05) is 5.56 Å². The Kier molecular flexibility index (Phi) is 9.24. The van der Waals surface area contributed by atoms with Gasteiger partial charge in [0.2, 0.25) is 0 Å². The third-order valence-electron chi connectivity index (χ3n) is 8.88. The molecule has 6 aromatic rings. The van der Waals surface area contributed by atoms with Crippen molar-refractivity contribution in [2.24, 2.45) is 0 Å². The lowest BCUT2D eigenvalue weighted by Gasteiger charge is -2.37. The van der Waals surface area contributed by atoms with Crippen molar-refractivity contribution in [1.82, 2.24) is 19.5 Å². The SMILES string of the molecule is COc1ccc(C(OC[C@@H]2O[C@@H](n3cnc4c(NC(=O)c5ccccc5)ncnc43)[C@H](O)[C@@H]2O)(c2ccccc2)c2ccc(OC)cc2)cc1. The average Bonchev–Trinajstić information content (AvgIpc) is 3.73. The predicted molar refractivity (Wildman–Crippen MR) is 184 cm³/mol. The lowest BCUT2D eigenvalue weighted by atomic mass is 9.80. The number of methoxy groups -OCH3 is 2. The normalized spacial score (nSPS) is 19.0. The molecule has 254 valence electrons. The Labute approximate surface area is 287 Å². The zero-order valence-corrected chi connectivity index (χ0v) is 27.3. The monoisotopic (exact) mass is 673 g/mol. The molecule has 12 nitrogen and oxygen atoms in total. The van der Waals surface area contributed by atoms with Crippen molar-refractivity contribution >= 4 is 22.9 Å². The minimum absolute atomic E-state index is 0.109. The second kappa shape index (κ2) is 14.1. The first-order valence-electron chi connectivity index (χ1n) is 16.0. The fourth-order valence-electron chi connectivity index (χ4n) is 6.28. The van der Waals surface area contributed by atoms with Crippen LogP contribution in [0, 0.1) is 0 Å². The Morgan fingerprint density at radius 3 is 1.96 bits per heavy atom. The molecule has 3 heterocycles. The van der Waals surface area contributed by atoms with Crippen molar-refractivity contribution < 1.29 is 34.0 Å². The van der Waals surface area contributed by atoms with E-state index in [2.05, 4.69) is 20.3 Å². The van der Waals surface area contributed by atoms with Crippen molar-refractivity contribution in [3.63, 3.8) is 0 Å². The maximum atomic E-state index is 12.9. The smallest absolute Gasteiger partial charge is 0.256 e. The molecule has 4 aromatic carbocycles. The molecule has 50 heavy (non-hydrogen) atoms. The van der Waals surface area contributed by atoms with Crippen molar-refractivity contribution in [1.29, 1.82) is 0 Å². The van der Waals surface area contributed by atoms with E-state index >= 15 is 0 Å². The fraction of sp³-hybridized carbons (Fsp3) is 0.211. The van der Waals surface area contributed by atoms with Gasteiger partial charge >= 0.3 is 0 Å². The van der Waals surface area contributed by atoms with Crippen LogP contribution in [0.15, 0.2) is 122 Å².